The Hall–Kier alpha value is -1.19. The molecule has 1 aliphatic heterocycles. The average molecular weight is 232 g/mol. The standard InChI is InChI=1S/C14H20N2O/c1-10(17)11-4-2-5-12(8-11)14-13(9-15)6-3-7-16-14/h2,4-5,8,13-14,16H,3,6-7,9,15H2,1H3. The van der Waals surface area contributed by atoms with Gasteiger partial charge >= 0.3 is 0 Å². The molecule has 2 rings (SSSR count). The smallest absolute Gasteiger partial charge is 0.159 e. The summed E-state index contributed by atoms with van der Waals surface area (Å²) in [5.74, 6) is 0.595. The molecule has 3 N–H and O–H groups in total. The van der Waals surface area contributed by atoms with E-state index in [0.29, 0.717) is 18.5 Å². The number of nitrogens with two attached hydrogens (primary N) is 1. The van der Waals surface area contributed by atoms with Crippen LogP contribution in [0.1, 0.15) is 41.7 Å². The van der Waals surface area contributed by atoms with Gasteiger partial charge in [-0.3, -0.25) is 4.79 Å². The van der Waals surface area contributed by atoms with E-state index < -0.39 is 0 Å². The van der Waals surface area contributed by atoms with Crippen LogP contribution in [0.3, 0.4) is 0 Å². The molecule has 1 aromatic rings. The summed E-state index contributed by atoms with van der Waals surface area (Å²) < 4.78 is 0. The SMILES string of the molecule is CC(=O)c1cccc(C2NCCCC2CN)c1. The Labute approximate surface area is 102 Å². The van der Waals surface area contributed by atoms with Gasteiger partial charge in [-0.25, -0.2) is 0 Å². The van der Waals surface area contributed by atoms with E-state index in [1.165, 1.54) is 18.4 Å². The molecular formula is C14H20N2O. The minimum Gasteiger partial charge on any atom is -0.330 e. The van der Waals surface area contributed by atoms with Gasteiger partial charge in [-0.15, -0.1) is 0 Å². The first-order chi connectivity index (χ1) is 8.22. The highest BCUT2D eigenvalue weighted by Crippen LogP contribution is 2.28. The third-order valence-corrected chi connectivity index (χ3v) is 3.54. The van der Waals surface area contributed by atoms with Crippen LogP contribution in [0.15, 0.2) is 24.3 Å². The summed E-state index contributed by atoms with van der Waals surface area (Å²) in [7, 11) is 0. The highest BCUT2D eigenvalue weighted by molar-refractivity contribution is 5.94. The van der Waals surface area contributed by atoms with E-state index in [0.717, 1.165) is 12.1 Å². The second-order valence-corrected chi connectivity index (χ2v) is 4.75. The number of carbonyl (C=O) groups excluding carboxylic acids is 1. The third kappa shape index (κ3) is 2.73. The van der Waals surface area contributed by atoms with Crippen molar-refractivity contribution in [3.8, 4) is 0 Å². The van der Waals surface area contributed by atoms with Crippen LogP contribution in [0.4, 0.5) is 0 Å². The van der Waals surface area contributed by atoms with Crippen molar-refractivity contribution >= 4 is 5.78 Å². The molecule has 2 atom stereocenters. The van der Waals surface area contributed by atoms with Gasteiger partial charge in [0.1, 0.15) is 0 Å². The average Bonchev–Trinajstić information content (AvgIpc) is 2.39. The maximum Gasteiger partial charge on any atom is 0.159 e. The van der Waals surface area contributed by atoms with Crippen molar-refractivity contribution < 1.29 is 4.79 Å². The molecule has 0 radical (unpaired) electrons. The normalized spacial score (nSPS) is 24.6. The molecule has 0 spiro atoms. The van der Waals surface area contributed by atoms with E-state index in [9.17, 15) is 4.79 Å². The van der Waals surface area contributed by atoms with Gasteiger partial charge in [0.15, 0.2) is 5.78 Å². The lowest BCUT2D eigenvalue weighted by Crippen LogP contribution is -2.37. The molecule has 17 heavy (non-hydrogen) atoms. The van der Waals surface area contributed by atoms with Crippen molar-refractivity contribution in [2.45, 2.75) is 25.8 Å². The van der Waals surface area contributed by atoms with E-state index >= 15 is 0 Å². The largest absolute Gasteiger partial charge is 0.330 e. The Balaban J connectivity index is 2.25. The van der Waals surface area contributed by atoms with Crippen molar-refractivity contribution in [1.82, 2.24) is 5.32 Å². The summed E-state index contributed by atoms with van der Waals surface area (Å²) in [6.45, 7) is 3.33. The molecule has 1 aliphatic rings. The molecule has 0 bridgehead atoms. The first-order valence-electron chi connectivity index (χ1n) is 6.26. The number of ketones is 1. The van der Waals surface area contributed by atoms with Crippen molar-refractivity contribution in [2.75, 3.05) is 13.1 Å². The number of carbonyl (C=O) groups is 1. The molecule has 3 heteroatoms. The minimum atomic E-state index is 0.118. The first-order valence-corrected chi connectivity index (χ1v) is 6.26. The predicted molar refractivity (Wildman–Crippen MR) is 69.0 cm³/mol. The molecule has 1 heterocycles. The summed E-state index contributed by atoms with van der Waals surface area (Å²) in [5.41, 5.74) is 7.79. The zero-order chi connectivity index (χ0) is 12.3. The molecule has 0 aromatic heterocycles. The fourth-order valence-corrected chi connectivity index (χ4v) is 2.55. The second-order valence-electron chi connectivity index (χ2n) is 4.75. The summed E-state index contributed by atoms with van der Waals surface area (Å²) in [6, 6.07) is 8.20. The molecule has 0 amide bonds. The summed E-state index contributed by atoms with van der Waals surface area (Å²) in [4.78, 5) is 11.4. The van der Waals surface area contributed by atoms with E-state index in [1.54, 1.807) is 6.92 Å². The quantitative estimate of drug-likeness (QED) is 0.782. The fourth-order valence-electron chi connectivity index (χ4n) is 2.55. The second kappa shape index (κ2) is 5.43. The van der Waals surface area contributed by atoms with Gasteiger partial charge in [0.2, 0.25) is 0 Å². The van der Waals surface area contributed by atoms with Crippen LogP contribution in [-0.2, 0) is 0 Å². The lowest BCUT2D eigenvalue weighted by atomic mass is 9.85. The third-order valence-electron chi connectivity index (χ3n) is 3.54. The van der Waals surface area contributed by atoms with Gasteiger partial charge in [-0.2, -0.15) is 0 Å². The van der Waals surface area contributed by atoms with Gasteiger partial charge in [0.25, 0.3) is 0 Å². The van der Waals surface area contributed by atoms with Gasteiger partial charge in [-0.1, -0.05) is 18.2 Å². The lowest BCUT2D eigenvalue weighted by molar-refractivity contribution is 0.101. The molecule has 1 fully saturated rings. The topological polar surface area (TPSA) is 55.1 Å². The Morgan fingerprint density at radius 3 is 3.06 bits per heavy atom. The van der Waals surface area contributed by atoms with Crippen molar-refractivity contribution in [3.63, 3.8) is 0 Å². The van der Waals surface area contributed by atoms with E-state index in [-0.39, 0.29) is 5.78 Å². The number of benzene rings is 1. The lowest BCUT2D eigenvalue weighted by Gasteiger charge is -2.32. The van der Waals surface area contributed by atoms with Crippen LogP contribution in [0.25, 0.3) is 0 Å². The Bertz CT molecular complexity index is 403. The molecule has 0 aliphatic carbocycles. The first kappa shape index (κ1) is 12.3. The number of nitrogens with one attached hydrogen (secondary N) is 1. The number of piperidine rings is 1. The number of hydrogen-bond acceptors (Lipinski definition) is 3. The number of rotatable bonds is 3. The van der Waals surface area contributed by atoms with Crippen LogP contribution in [0.2, 0.25) is 0 Å². The van der Waals surface area contributed by atoms with Crippen molar-refractivity contribution in [1.29, 1.82) is 0 Å². The van der Waals surface area contributed by atoms with Gasteiger partial charge in [0, 0.05) is 11.6 Å². The van der Waals surface area contributed by atoms with E-state index in [2.05, 4.69) is 11.4 Å². The van der Waals surface area contributed by atoms with Crippen LogP contribution in [-0.4, -0.2) is 18.9 Å². The predicted octanol–water partition coefficient (Wildman–Crippen LogP) is 1.89. The molecule has 1 saturated heterocycles. The Morgan fingerprint density at radius 2 is 2.35 bits per heavy atom. The van der Waals surface area contributed by atoms with Crippen molar-refractivity contribution in [3.05, 3.63) is 35.4 Å². The Kier molecular flexibility index (Phi) is 3.92. The van der Waals surface area contributed by atoms with Gasteiger partial charge in [-0.05, 0) is 50.4 Å². The summed E-state index contributed by atoms with van der Waals surface area (Å²) in [6.07, 6.45) is 2.35. The van der Waals surface area contributed by atoms with Crippen LogP contribution in [0.5, 0.6) is 0 Å². The van der Waals surface area contributed by atoms with Crippen LogP contribution < -0.4 is 11.1 Å². The zero-order valence-corrected chi connectivity index (χ0v) is 10.3. The highest BCUT2D eigenvalue weighted by Gasteiger charge is 2.25. The van der Waals surface area contributed by atoms with E-state index in [1.807, 2.05) is 18.2 Å². The van der Waals surface area contributed by atoms with Crippen LogP contribution >= 0.6 is 0 Å². The highest BCUT2D eigenvalue weighted by atomic mass is 16.1. The van der Waals surface area contributed by atoms with E-state index in [4.69, 9.17) is 5.73 Å². The number of Topliss-reactive ketones (excluding diaryl/α,β-unsaturated/α-hetero) is 1. The van der Waals surface area contributed by atoms with Crippen molar-refractivity contribution in [2.24, 2.45) is 11.7 Å². The zero-order valence-electron chi connectivity index (χ0n) is 10.3. The maximum absolute atomic E-state index is 11.4. The maximum atomic E-state index is 11.4. The molecule has 92 valence electrons. The van der Waals surface area contributed by atoms with Crippen LogP contribution in [0, 0.1) is 5.92 Å². The Morgan fingerprint density at radius 1 is 1.53 bits per heavy atom. The fraction of sp³-hybridized carbons (Fsp3) is 0.500. The molecule has 2 unspecified atom stereocenters. The minimum absolute atomic E-state index is 0.118. The number of hydrogen-bond donors (Lipinski definition) is 2. The molecule has 1 aromatic carbocycles. The van der Waals surface area contributed by atoms with Gasteiger partial charge in [0.05, 0.1) is 0 Å². The summed E-state index contributed by atoms with van der Waals surface area (Å²) in [5, 5.41) is 3.51. The summed E-state index contributed by atoms with van der Waals surface area (Å²) >= 11 is 0. The molecule has 3 nitrogen and oxygen atoms in total. The van der Waals surface area contributed by atoms with Gasteiger partial charge < -0.3 is 11.1 Å². The molecular weight excluding hydrogens is 212 g/mol. The monoisotopic (exact) mass is 232 g/mol. The molecule has 0 saturated carbocycles.